The van der Waals surface area contributed by atoms with Gasteiger partial charge in [0.25, 0.3) is 11.5 Å². The number of hydrogen-bond acceptors (Lipinski definition) is 6. The molecule has 0 spiro atoms. The van der Waals surface area contributed by atoms with Crippen LogP contribution in [-0.4, -0.2) is 57.3 Å². The zero-order chi connectivity index (χ0) is 21.3. The molecule has 4 heterocycles. The maximum atomic E-state index is 13.0. The summed E-state index contributed by atoms with van der Waals surface area (Å²) >= 11 is 0. The lowest BCUT2D eigenvalue weighted by Crippen LogP contribution is -2.43. The van der Waals surface area contributed by atoms with Gasteiger partial charge in [-0.1, -0.05) is 6.07 Å². The predicted octanol–water partition coefficient (Wildman–Crippen LogP) is 1.24. The Morgan fingerprint density at radius 3 is 2.83 bits per heavy atom. The van der Waals surface area contributed by atoms with Crippen LogP contribution in [0.1, 0.15) is 59.8 Å². The first-order valence-electron chi connectivity index (χ1n) is 10.2. The third-order valence-corrected chi connectivity index (χ3v) is 7.60. The van der Waals surface area contributed by atoms with E-state index in [1.54, 1.807) is 36.2 Å². The maximum Gasteiger partial charge on any atom is 0.273 e. The molecule has 1 saturated heterocycles. The summed E-state index contributed by atoms with van der Waals surface area (Å²) in [5, 5.41) is 0. The van der Waals surface area contributed by atoms with Gasteiger partial charge in [-0.15, -0.1) is 0 Å². The molecule has 2 aliphatic heterocycles. The molecular formula is C20H25N5O4S. The highest BCUT2D eigenvalue weighted by atomic mass is 32.2. The van der Waals surface area contributed by atoms with Crippen LogP contribution in [0.3, 0.4) is 0 Å². The number of nitrogens with zero attached hydrogens (tertiary/aromatic N) is 4. The van der Waals surface area contributed by atoms with Gasteiger partial charge in [-0.3, -0.25) is 14.6 Å². The zero-order valence-electron chi connectivity index (χ0n) is 16.9. The molecule has 2 aliphatic rings. The van der Waals surface area contributed by atoms with Gasteiger partial charge >= 0.3 is 0 Å². The summed E-state index contributed by atoms with van der Waals surface area (Å²) in [6, 6.07) is 4.88. The number of rotatable bonds is 4. The van der Waals surface area contributed by atoms with E-state index in [1.807, 2.05) is 0 Å². The fraction of sp³-hybridized carbons (Fsp3) is 0.500. The Kier molecular flexibility index (Phi) is 5.70. The molecule has 2 aromatic rings. The zero-order valence-corrected chi connectivity index (χ0v) is 17.7. The van der Waals surface area contributed by atoms with Crippen molar-refractivity contribution in [1.29, 1.82) is 0 Å². The molecule has 160 valence electrons. The topological polar surface area (TPSA) is 116 Å². The molecule has 30 heavy (non-hydrogen) atoms. The number of likely N-dealkylation sites (tertiary alicyclic amines) is 1. The van der Waals surface area contributed by atoms with E-state index in [2.05, 4.69) is 15.0 Å². The number of nitrogens with one attached hydrogen (secondary N) is 1. The highest BCUT2D eigenvalue weighted by Crippen LogP contribution is 2.30. The molecule has 2 aromatic heterocycles. The fourth-order valence-corrected chi connectivity index (χ4v) is 5.15. The Morgan fingerprint density at radius 2 is 2.10 bits per heavy atom. The number of carbonyl (C=O) groups excluding carboxylic acids is 1. The van der Waals surface area contributed by atoms with Crippen molar-refractivity contribution in [2.75, 3.05) is 18.8 Å². The summed E-state index contributed by atoms with van der Waals surface area (Å²) in [5.41, 5.74) is 1.04. The number of pyridine rings is 1. The molecule has 0 aliphatic carbocycles. The van der Waals surface area contributed by atoms with Crippen LogP contribution < -0.4 is 5.56 Å². The minimum Gasteiger partial charge on any atom is -0.327 e. The van der Waals surface area contributed by atoms with Crippen molar-refractivity contribution in [2.24, 2.45) is 0 Å². The van der Waals surface area contributed by atoms with Crippen molar-refractivity contribution in [2.45, 2.75) is 45.2 Å². The summed E-state index contributed by atoms with van der Waals surface area (Å²) in [7, 11) is -3.37. The first-order chi connectivity index (χ1) is 14.4. The molecule has 10 heteroatoms. The molecule has 1 fully saturated rings. The van der Waals surface area contributed by atoms with Crippen LogP contribution >= 0.6 is 0 Å². The minimum absolute atomic E-state index is 0.00157. The quantitative estimate of drug-likeness (QED) is 0.779. The van der Waals surface area contributed by atoms with Gasteiger partial charge in [0, 0.05) is 32.3 Å². The lowest BCUT2D eigenvalue weighted by Gasteiger charge is -2.35. The third kappa shape index (κ3) is 3.89. The normalized spacial score (nSPS) is 20.0. The molecule has 0 aromatic carbocycles. The SMILES string of the molecule is CCS(=O)(=O)N1CCc2nc([C@@H]3CCCCN3C(=O)c3ccccn3)[nH]c(=O)c2C1. The Balaban J connectivity index is 1.65. The van der Waals surface area contributed by atoms with Gasteiger partial charge in [-0.05, 0) is 38.3 Å². The maximum absolute atomic E-state index is 13.0. The Morgan fingerprint density at radius 1 is 1.27 bits per heavy atom. The summed E-state index contributed by atoms with van der Waals surface area (Å²) in [6.07, 6.45) is 4.48. The van der Waals surface area contributed by atoms with Crippen LogP contribution in [0.15, 0.2) is 29.2 Å². The smallest absolute Gasteiger partial charge is 0.273 e. The summed E-state index contributed by atoms with van der Waals surface area (Å²) < 4.78 is 25.7. The number of piperidine rings is 1. The van der Waals surface area contributed by atoms with E-state index < -0.39 is 10.0 Å². The molecule has 0 radical (unpaired) electrons. The van der Waals surface area contributed by atoms with E-state index >= 15 is 0 Å². The lowest BCUT2D eigenvalue weighted by molar-refractivity contribution is 0.0592. The number of aromatic nitrogens is 3. The van der Waals surface area contributed by atoms with Crippen molar-refractivity contribution < 1.29 is 13.2 Å². The van der Waals surface area contributed by atoms with Crippen molar-refractivity contribution >= 4 is 15.9 Å². The van der Waals surface area contributed by atoms with E-state index in [0.29, 0.717) is 48.7 Å². The number of carbonyl (C=O) groups is 1. The van der Waals surface area contributed by atoms with E-state index in [1.165, 1.54) is 4.31 Å². The average Bonchev–Trinajstić information content (AvgIpc) is 2.79. The molecule has 1 amide bonds. The third-order valence-electron chi connectivity index (χ3n) is 5.77. The molecule has 0 saturated carbocycles. The lowest BCUT2D eigenvalue weighted by atomic mass is 10.00. The molecular weight excluding hydrogens is 406 g/mol. The van der Waals surface area contributed by atoms with Gasteiger partial charge in [0.2, 0.25) is 10.0 Å². The van der Waals surface area contributed by atoms with Gasteiger partial charge in [0.1, 0.15) is 11.5 Å². The number of fused-ring (bicyclic) bond motifs is 1. The van der Waals surface area contributed by atoms with Crippen LogP contribution in [-0.2, 0) is 23.0 Å². The van der Waals surface area contributed by atoms with E-state index in [9.17, 15) is 18.0 Å². The second-order valence-electron chi connectivity index (χ2n) is 7.59. The predicted molar refractivity (Wildman–Crippen MR) is 110 cm³/mol. The van der Waals surface area contributed by atoms with Gasteiger partial charge in [0.05, 0.1) is 23.1 Å². The van der Waals surface area contributed by atoms with Crippen LogP contribution in [0.5, 0.6) is 0 Å². The Labute approximate surface area is 175 Å². The molecule has 1 N–H and O–H groups in total. The minimum atomic E-state index is -3.37. The first-order valence-corrected chi connectivity index (χ1v) is 11.8. The standard InChI is InChI=1S/C20H25N5O4S/c1-2-30(28,29)24-12-9-15-14(13-24)19(26)23-18(22-15)17-8-4-6-11-25(17)20(27)16-7-3-5-10-21-16/h3,5,7,10,17H,2,4,6,8-9,11-13H2,1H3,(H,22,23,26)/t17-/m0/s1. The summed E-state index contributed by atoms with van der Waals surface area (Å²) in [6.45, 7) is 2.51. The summed E-state index contributed by atoms with van der Waals surface area (Å²) in [4.78, 5) is 39.2. The number of sulfonamides is 1. The largest absolute Gasteiger partial charge is 0.327 e. The average molecular weight is 432 g/mol. The number of amides is 1. The highest BCUT2D eigenvalue weighted by Gasteiger charge is 2.33. The van der Waals surface area contributed by atoms with Gasteiger partial charge in [0.15, 0.2) is 0 Å². The van der Waals surface area contributed by atoms with Crippen molar-refractivity contribution in [3.05, 3.63) is 57.5 Å². The second-order valence-corrected chi connectivity index (χ2v) is 9.84. The highest BCUT2D eigenvalue weighted by molar-refractivity contribution is 7.89. The number of H-pyrrole nitrogens is 1. The first kappa shape index (κ1) is 20.7. The van der Waals surface area contributed by atoms with Crippen LogP contribution in [0.4, 0.5) is 0 Å². The summed E-state index contributed by atoms with van der Waals surface area (Å²) in [5.74, 6) is 0.286. The van der Waals surface area contributed by atoms with Gasteiger partial charge in [-0.25, -0.2) is 13.4 Å². The monoisotopic (exact) mass is 431 g/mol. The fourth-order valence-electron chi connectivity index (χ4n) is 4.09. The molecule has 1 atom stereocenters. The van der Waals surface area contributed by atoms with Crippen molar-refractivity contribution in [3.63, 3.8) is 0 Å². The molecule has 0 unspecified atom stereocenters. The Hall–Kier alpha value is -2.59. The second kappa shape index (κ2) is 8.27. The Bertz CT molecular complexity index is 1100. The van der Waals surface area contributed by atoms with E-state index in [4.69, 9.17) is 0 Å². The van der Waals surface area contributed by atoms with E-state index in [0.717, 1.165) is 12.8 Å². The van der Waals surface area contributed by atoms with Gasteiger partial charge < -0.3 is 9.88 Å². The molecule has 4 rings (SSSR count). The molecule has 0 bridgehead atoms. The van der Waals surface area contributed by atoms with E-state index in [-0.39, 0.29) is 29.8 Å². The van der Waals surface area contributed by atoms with Crippen LogP contribution in [0.25, 0.3) is 0 Å². The van der Waals surface area contributed by atoms with Crippen molar-refractivity contribution in [1.82, 2.24) is 24.2 Å². The number of aromatic amines is 1. The number of hydrogen-bond donors (Lipinski definition) is 1. The van der Waals surface area contributed by atoms with Crippen molar-refractivity contribution in [3.8, 4) is 0 Å². The van der Waals surface area contributed by atoms with Crippen LogP contribution in [0, 0.1) is 0 Å². The van der Waals surface area contributed by atoms with Crippen LogP contribution in [0.2, 0.25) is 0 Å². The molecule has 9 nitrogen and oxygen atoms in total. The van der Waals surface area contributed by atoms with Gasteiger partial charge in [-0.2, -0.15) is 4.31 Å².